The normalized spacial score (nSPS) is 16.2. The molecule has 0 N–H and O–H groups in total. The van der Waals surface area contributed by atoms with Crippen molar-refractivity contribution in [2.45, 2.75) is 19.5 Å². The third kappa shape index (κ3) is 2.80. The molecule has 230 valence electrons. The molecular formula is C43H29N5O+2. The number of pyridine rings is 2. The van der Waals surface area contributed by atoms with E-state index in [-0.39, 0.29) is 0 Å². The first kappa shape index (κ1) is 25.7. The number of ether oxygens (including phenoxy) is 1. The van der Waals surface area contributed by atoms with Gasteiger partial charge in [0.05, 0.1) is 23.1 Å². The van der Waals surface area contributed by atoms with Gasteiger partial charge >= 0.3 is 5.66 Å². The Morgan fingerprint density at radius 2 is 1.47 bits per heavy atom. The van der Waals surface area contributed by atoms with Crippen LogP contribution in [0.2, 0.25) is 0 Å². The minimum absolute atomic E-state index is 0.697. The van der Waals surface area contributed by atoms with E-state index in [1.807, 2.05) is 0 Å². The molecule has 3 aliphatic rings. The van der Waals surface area contributed by atoms with Gasteiger partial charge in [0.25, 0.3) is 5.82 Å². The predicted molar refractivity (Wildman–Crippen MR) is 190 cm³/mol. The lowest BCUT2D eigenvalue weighted by Crippen LogP contribution is -2.77. The van der Waals surface area contributed by atoms with Gasteiger partial charge in [0, 0.05) is 35.5 Å². The molecular weight excluding hydrogens is 603 g/mol. The molecule has 4 aromatic carbocycles. The van der Waals surface area contributed by atoms with Gasteiger partial charge in [-0.25, -0.2) is 0 Å². The van der Waals surface area contributed by atoms with Gasteiger partial charge < -0.3 is 9.14 Å². The maximum atomic E-state index is 6.86. The van der Waals surface area contributed by atoms with Crippen molar-refractivity contribution in [3.05, 3.63) is 162 Å². The van der Waals surface area contributed by atoms with Gasteiger partial charge in [-0.15, -0.1) is 4.68 Å². The lowest BCUT2D eigenvalue weighted by Gasteiger charge is -2.33. The Bertz CT molecular complexity index is 2940. The first-order chi connectivity index (χ1) is 24.2. The smallest absolute Gasteiger partial charge is 0.397 e. The molecule has 1 unspecified atom stereocenters. The highest BCUT2D eigenvalue weighted by Gasteiger charge is 2.69. The molecule has 6 heteroatoms. The number of hydrogen-bond acceptors (Lipinski definition) is 1. The summed E-state index contributed by atoms with van der Waals surface area (Å²) in [6.07, 6.45) is 4.39. The summed E-state index contributed by atoms with van der Waals surface area (Å²) in [5.74, 6) is 2.93. The number of nitrogens with zero attached hydrogens (tertiary/aromatic N) is 5. The molecule has 6 nitrogen and oxygen atoms in total. The number of rotatable bonds is 2. The number of fused-ring (bicyclic) bond motifs is 8. The van der Waals surface area contributed by atoms with Crippen molar-refractivity contribution in [1.29, 1.82) is 0 Å². The van der Waals surface area contributed by atoms with Crippen molar-refractivity contribution in [3.8, 4) is 45.4 Å². The maximum Gasteiger partial charge on any atom is 0.397 e. The highest BCUT2D eigenvalue weighted by Crippen LogP contribution is 2.56. The maximum absolute atomic E-state index is 6.86. The van der Waals surface area contributed by atoms with Crippen LogP contribution in [0.25, 0.3) is 61.2 Å². The molecule has 8 heterocycles. The van der Waals surface area contributed by atoms with Crippen LogP contribution >= 0.6 is 0 Å². The van der Waals surface area contributed by atoms with Crippen molar-refractivity contribution in [1.82, 2.24) is 13.6 Å². The molecule has 0 fully saturated rings. The standard InChI is InChI=1S/C43H29N5O/c1-26-39(29-18-16-28(17-19-29)33-22-20-30-10-5-7-24-44(30)33)27(2)48-43-40-35(47(26)48)13-9-14-36(40)49-37-23-21-32-31-11-3-4-12-34(31)46(42(32)41(37)43)38-15-6-8-25-45(38)43/h3-25H,1-2H3/q+2. The van der Waals surface area contributed by atoms with Crippen LogP contribution in [0.5, 0.6) is 11.5 Å². The van der Waals surface area contributed by atoms with Crippen LogP contribution in [0.3, 0.4) is 0 Å². The average molecular weight is 632 g/mol. The van der Waals surface area contributed by atoms with Crippen LogP contribution in [-0.2, 0) is 5.66 Å². The summed E-state index contributed by atoms with van der Waals surface area (Å²) in [6, 6.07) is 46.1. The molecule has 1 atom stereocenters. The first-order valence-electron chi connectivity index (χ1n) is 16.9. The largest absolute Gasteiger partial charge is 0.456 e. The van der Waals surface area contributed by atoms with Gasteiger partial charge in [-0.05, 0) is 84.8 Å². The average Bonchev–Trinajstić information content (AvgIpc) is 3.87. The van der Waals surface area contributed by atoms with E-state index < -0.39 is 5.66 Å². The molecule has 0 saturated carbocycles. The van der Waals surface area contributed by atoms with E-state index in [1.54, 1.807) is 0 Å². The van der Waals surface area contributed by atoms with Crippen LogP contribution in [0.15, 0.2) is 140 Å². The predicted octanol–water partition coefficient (Wildman–Crippen LogP) is 8.38. The Hall–Kier alpha value is -6.40. The lowest BCUT2D eigenvalue weighted by molar-refractivity contribution is -0.995. The van der Waals surface area contributed by atoms with Crippen LogP contribution < -0.4 is 14.0 Å². The lowest BCUT2D eigenvalue weighted by atomic mass is 9.84. The Kier molecular flexibility index (Phi) is 4.47. The summed E-state index contributed by atoms with van der Waals surface area (Å²) in [7, 11) is 0. The fraction of sp³-hybridized carbons (Fsp3) is 0.0698. The summed E-state index contributed by atoms with van der Waals surface area (Å²) >= 11 is 0. The zero-order chi connectivity index (χ0) is 32.2. The topological polar surface area (TPSA) is 31.3 Å². The molecule has 1 spiro atoms. The summed E-state index contributed by atoms with van der Waals surface area (Å²) in [5, 5.41) is 2.48. The number of para-hydroxylation sites is 1. The second-order valence-corrected chi connectivity index (χ2v) is 13.5. The van der Waals surface area contributed by atoms with Crippen LogP contribution in [0.4, 0.5) is 0 Å². The van der Waals surface area contributed by atoms with E-state index in [4.69, 9.17) is 4.74 Å². The number of hydrogen-bond donors (Lipinski definition) is 0. The fourth-order valence-corrected chi connectivity index (χ4v) is 9.48. The zero-order valence-corrected chi connectivity index (χ0v) is 26.9. The number of aromatic nitrogens is 5. The van der Waals surface area contributed by atoms with E-state index in [9.17, 15) is 0 Å². The van der Waals surface area contributed by atoms with Gasteiger partial charge in [0.15, 0.2) is 11.1 Å². The molecule has 0 bridgehead atoms. The third-order valence-electron chi connectivity index (χ3n) is 11.3. The summed E-state index contributed by atoms with van der Waals surface area (Å²) in [5.41, 5.74) is 13.7. The molecule has 0 saturated heterocycles. The third-order valence-corrected chi connectivity index (χ3v) is 11.3. The molecule has 3 aliphatic heterocycles. The van der Waals surface area contributed by atoms with Crippen LogP contribution in [-0.4, -0.2) is 13.6 Å². The van der Waals surface area contributed by atoms with Crippen LogP contribution in [0.1, 0.15) is 22.5 Å². The molecule has 12 rings (SSSR count). The summed E-state index contributed by atoms with van der Waals surface area (Å²) in [4.78, 5) is 0. The Morgan fingerprint density at radius 3 is 2.39 bits per heavy atom. The summed E-state index contributed by atoms with van der Waals surface area (Å²) < 4.78 is 19.0. The SMILES string of the molecule is Cc1c(-c2ccc(-c3ccc4ccccn34)cc2)c(C)[n+]2n1-c1cccc3c1C21c2c(ccc4c5ccccc5n(c24)-c2cccc[n+]21)O3. The van der Waals surface area contributed by atoms with Crippen molar-refractivity contribution < 1.29 is 14.0 Å². The van der Waals surface area contributed by atoms with Crippen molar-refractivity contribution in [2.24, 2.45) is 0 Å². The van der Waals surface area contributed by atoms with Gasteiger partial charge in [-0.1, -0.05) is 59.3 Å². The second-order valence-electron chi connectivity index (χ2n) is 13.5. The van der Waals surface area contributed by atoms with E-state index in [2.05, 4.69) is 177 Å². The molecule has 0 amide bonds. The van der Waals surface area contributed by atoms with Gasteiger partial charge in [0.2, 0.25) is 5.69 Å². The van der Waals surface area contributed by atoms with E-state index >= 15 is 0 Å². The fourth-order valence-electron chi connectivity index (χ4n) is 9.48. The summed E-state index contributed by atoms with van der Waals surface area (Å²) in [6.45, 7) is 4.55. The Morgan fingerprint density at radius 1 is 0.653 bits per heavy atom. The minimum atomic E-state index is -0.697. The Balaban J connectivity index is 1.18. The number of benzene rings is 4. The highest BCUT2D eigenvalue weighted by molar-refractivity contribution is 6.11. The molecule has 9 aromatic rings. The van der Waals surface area contributed by atoms with Crippen molar-refractivity contribution in [3.63, 3.8) is 0 Å². The monoisotopic (exact) mass is 631 g/mol. The van der Waals surface area contributed by atoms with Crippen LogP contribution in [0, 0.1) is 13.8 Å². The van der Waals surface area contributed by atoms with Gasteiger partial charge in [0.1, 0.15) is 28.3 Å². The second kappa shape index (κ2) is 8.54. The Labute approximate surface area is 281 Å². The van der Waals surface area contributed by atoms with E-state index in [1.165, 1.54) is 72.2 Å². The van der Waals surface area contributed by atoms with E-state index in [0.717, 1.165) is 23.0 Å². The van der Waals surface area contributed by atoms with Gasteiger partial charge in [-0.3, -0.25) is 0 Å². The van der Waals surface area contributed by atoms with E-state index in [0.29, 0.717) is 0 Å². The van der Waals surface area contributed by atoms with Crippen molar-refractivity contribution in [2.75, 3.05) is 0 Å². The molecule has 0 radical (unpaired) electrons. The zero-order valence-electron chi connectivity index (χ0n) is 26.9. The minimum Gasteiger partial charge on any atom is -0.456 e. The first-order valence-corrected chi connectivity index (χ1v) is 16.9. The quantitative estimate of drug-likeness (QED) is 0.176. The van der Waals surface area contributed by atoms with Crippen molar-refractivity contribution >= 4 is 27.3 Å². The molecule has 49 heavy (non-hydrogen) atoms. The molecule has 0 aliphatic carbocycles. The van der Waals surface area contributed by atoms with Gasteiger partial charge in [-0.2, -0.15) is 9.13 Å². The molecule has 5 aromatic heterocycles. The highest BCUT2D eigenvalue weighted by atomic mass is 16.5.